The van der Waals surface area contributed by atoms with Crippen LogP contribution in [0.2, 0.25) is 0 Å². The summed E-state index contributed by atoms with van der Waals surface area (Å²) in [6.07, 6.45) is 1.34. The van der Waals surface area contributed by atoms with Crippen LogP contribution in [0.1, 0.15) is 17.3 Å². The number of hydrogen-bond donors (Lipinski definition) is 1. The lowest BCUT2D eigenvalue weighted by Crippen LogP contribution is -2.15. The summed E-state index contributed by atoms with van der Waals surface area (Å²) < 4.78 is 19.5. The van der Waals surface area contributed by atoms with Gasteiger partial charge in [0.2, 0.25) is 5.88 Å². The predicted molar refractivity (Wildman–Crippen MR) is 68.7 cm³/mol. The van der Waals surface area contributed by atoms with Crippen LogP contribution in [-0.2, 0) is 0 Å². The maximum absolute atomic E-state index is 13.7. The Balaban J connectivity index is 2.40. The Hall–Kier alpha value is -1.53. The second-order valence-electron chi connectivity index (χ2n) is 3.63. The Morgan fingerprint density at radius 1 is 1.33 bits per heavy atom. The second kappa shape index (κ2) is 5.41. The highest BCUT2D eigenvalue weighted by Gasteiger charge is 2.16. The van der Waals surface area contributed by atoms with Gasteiger partial charge in [0.25, 0.3) is 0 Å². The van der Waals surface area contributed by atoms with E-state index in [-0.39, 0.29) is 5.82 Å². The predicted octanol–water partition coefficient (Wildman–Crippen LogP) is 2.43. The third-order valence-electron chi connectivity index (χ3n) is 2.48. The fourth-order valence-corrected chi connectivity index (χ4v) is 1.93. The van der Waals surface area contributed by atoms with Crippen molar-refractivity contribution < 1.29 is 9.13 Å². The van der Waals surface area contributed by atoms with Crippen LogP contribution < -0.4 is 10.5 Å². The third-order valence-corrected chi connectivity index (χ3v) is 2.98. The molecule has 0 aliphatic rings. The lowest BCUT2D eigenvalue weighted by Gasteiger charge is -2.13. The van der Waals surface area contributed by atoms with Crippen molar-refractivity contribution >= 4 is 15.9 Å². The lowest BCUT2D eigenvalue weighted by molar-refractivity contribution is 0.395. The van der Waals surface area contributed by atoms with E-state index in [1.54, 1.807) is 18.2 Å². The van der Waals surface area contributed by atoms with Crippen LogP contribution >= 0.6 is 15.9 Å². The van der Waals surface area contributed by atoms with Gasteiger partial charge >= 0.3 is 0 Å². The number of halogens is 2. The van der Waals surface area contributed by atoms with E-state index in [9.17, 15) is 4.39 Å². The maximum atomic E-state index is 13.7. The van der Waals surface area contributed by atoms with E-state index in [1.807, 2.05) is 0 Å². The summed E-state index contributed by atoms with van der Waals surface area (Å²) >= 11 is 3.29. The van der Waals surface area contributed by atoms with Crippen LogP contribution in [0.15, 0.2) is 35.1 Å². The van der Waals surface area contributed by atoms with Crippen molar-refractivity contribution in [2.75, 3.05) is 7.11 Å². The van der Waals surface area contributed by atoms with Gasteiger partial charge in [0.15, 0.2) is 0 Å². The van der Waals surface area contributed by atoms with Crippen molar-refractivity contribution in [2.24, 2.45) is 5.73 Å². The molecule has 2 rings (SSSR count). The fourth-order valence-electron chi connectivity index (χ4n) is 1.55. The van der Waals surface area contributed by atoms with E-state index >= 15 is 0 Å². The zero-order chi connectivity index (χ0) is 13.1. The Labute approximate surface area is 112 Å². The van der Waals surface area contributed by atoms with Crippen LogP contribution in [0.5, 0.6) is 5.88 Å². The molecule has 2 N–H and O–H groups in total. The summed E-state index contributed by atoms with van der Waals surface area (Å²) in [6, 6.07) is 5.53. The van der Waals surface area contributed by atoms with Crippen molar-refractivity contribution in [1.82, 2.24) is 9.97 Å². The third kappa shape index (κ3) is 2.65. The van der Waals surface area contributed by atoms with Crippen LogP contribution in [-0.4, -0.2) is 17.1 Å². The van der Waals surface area contributed by atoms with Crippen molar-refractivity contribution in [1.29, 1.82) is 0 Å². The van der Waals surface area contributed by atoms with Crippen LogP contribution in [0, 0.1) is 5.82 Å². The number of nitrogens with two attached hydrogens (primary N) is 1. The SMILES string of the molecule is COc1cc(C(N)c2cc(Br)ccc2F)ncn1. The Bertz CT molecular complexity index is 565. The standard InChI is InChI=1S/C12H11BrFN3O/c1-18-11-5-10(16-6-17-11)12(15)8-4-7(13)2-3-9(8)14/h2-6,12H,15H2,1H3. The van der Waals surface area contributed by atoms with Crippen molar-refractivity contribution in [3.63, 3.8) is 0 Å². The lowest BCUT2D eigenvalue weighted by atomic mass is 10.0. The molecule has 0 amide bonds. The van der Waals surface area contributed by atoms with E-state index in [0.29, 0.717) is 17.1 Å². The zero-order valence-corrected chi connectivity index (χ0v) is 11.2. The summed E-state index contributed by atoms with van der Waals surface area (Å²) in [5.41, 5.74) is 6.87. The van der Waals surface area contributed by atoms with Gasteiger partial charge < -0.3 is 10.5 Å². The largest absolute Gasteiger partial charge is 0.481 e. The summed E-state index contributed by atoms with van der Waals surface area (Å²) in [4.78, 5) is 7.92. The minimum atomic E-state index is -0.667. The fraction of sp³-hybridized carbons (Fsp3) is 0.167. The molecule has 0 bridgehead atoms. The number of rotatable bonds is 3. The number of aromatic nitrogens is 2. The quantitative estimate of drug-likeness (QED) is 0.945. The van der Waals surface area contributed by atoms with Gasteiger partial charge in [0.05, 0.1) is 18.8 Å². The molecule has 4 nitrogen and oxygen atoms in total. The molecule has 0 radical (unpaired) electrons. The first-order chi connectivity index (χ1) is 8.61. The normalized spacial score (nSPS) is 12.2. The molecule has 6 heteroatoms. The van der Waals surface area contributed by atoms with Gasteiger partial charge in [-0.05, 0) is 18.2 Å². The van der Waals surface area contributed by atoms with Crippen molar-refractivity contribution in [3.05, 3.63) is 52.1 Å². The molecule has 1 aromatic carbocycles. The highest BCUT2D eigenvalue weighted by Crippen LogP contribution is 2.25. The van der Waals surface area contributed by atoms with Gasteiger partial charge in [-0.3, -0.25) is 0 Å². The van der Waals surface area contributed by atoms with E-state index in [4.69, 9.17) is 10.5 Å². The molecule has 0 spiro atoms. The number of hydrogen-bond acceptors (Lipinski definition) is 4. The highest BCUT2D eigenvalue weighted by atomic mass is 79.9. The summed E-state index contributed by atoms with van der Waals surface area (Å²) in [6.45, 7) is 0. The molecule has 0 saturated heterocycles. The van der Waals surface area contributed by atoms with Gasteiger partial charge in [-0.15, -0.1) is 0 Å². The van der Waals surface area contributed by atoms with E-state index in [1.165, 1.54) is 19.5 Å². The molecular formula is C12H11BrFN3O. The molecule has 1 aromatic heterocycles. The number of nitrogens with zero attached hydrogens (tertiary/aromatic N) is 2. The molecule has 0 fully saturated rings. The Morgan fingerprint density at radius 3 is 2.83 bits per heavy atom. The number of methoxy groups -OCH3 is 1. The Morgan fingerprint density at radius 2 is 2.11 bits per heavy atom. The highest BCUT2D eigenvalue weighted by molar-refractivity contribution is 9.10. The van der Waals surface area contributed by atoms with Crippen molar-refractivity contribution in [2.45, 2.75) is 6.04 Å². The van der Waals surface area contributed by atoms with E-state index in [2.05, 4.69) is 25.9 Å². The van der Waals surface area contributed by atoms with Crippen LogP contribution in [0.3, 0.4) is 0 Å². The summed E-state index contributed by atoms with van der Waals surface area (Å²) in [5.74, 6) is 0.0223. The second-order valence-corrected chi connectivity index (χ2v) is 4.54. The average molecular weight is 312 g/mol. The minimum absolute atomic E-state index is 0.366. The Kier molecular flexibility index (Phi) is 3.88. The van der Waals surface area contributed by atoms with Gasteiger partial charge in [0, 0.05) is 16.1 Å². The van der Waals surface area contributed by atoms with Crippen molar-refractivity contribution in [3.8, 4) is 5.88 Å². The van der Waals surface area contributed by atoms with E-state index < -0.39 is 6.04 Å². The van der Waals surface area contributed by atoms with Gasteiger partial charge in [-0.1, -0.05) is 15.9 Å². The maximum Gasteiger partial charge on any atom is 0.216 e. The molecular weight excluding hydrogens is 301 g/mol. The molecule has 0 aliphatic carbocycles. The average Bonchev–Trinajstić information content (AvgIpc) is 2.41. The van der Waals surface area contributed by atoms with Gasteiger partial charge in [-0.25, -0.2) is 14.4 Å². The first-order valence-electron chi connectivity index (χ1n) is 5.18. The molecule has 1 atom stereocenters. The molecule has 0 aliphatic heterocycles. The number of benzene rings is 1. The molecule has 18 heavy (non-hydrogen) atoms. The summed E-state index contributed by atoms with van der Waals surface area (Å²) in [5, 5.41) is 0. The van der Waals surface area contributed by atoms with Crippen LogP contribution in [0.4, 0.5) is 4.39 Å². The van der Waals surface area contributed by atoms with Gasteiger partial charge in [0.1, 0.15) is 12.1 Å². The monoisotopic (exact) mass is 311 g/mol. The van der Waals surface area contributed by atoms with Crippen LogP contribution in [0.25, 0.3) is 0 Å². The minimum Gasteiger partial charge on any atom is -0.481 e. The first-order valence-corrected chi connectivity index (χ1v) is 5.97. The summed E-state index contributed by atoms with van der Waals surface area (Å²) in [7, 11) is 1.50. The van der Waals surface area contributed by atoms with Gasteiger partial charge in [-0.2, -0.15) is 0 Å². The first kappa shape index (κ1) is 12.9. The molecule has 0 saturated carbocycles. The number of ether oxygens (including phenoxy) is 1. The van der Waals surface area contributed by atoms with E-state index in [0.717, 1.165) is 4.47 Å². The molecule has 94 valence electrons. The molecule has 1 heterocycles. The zero-order valence-electron chi connectivity index (χ0n) is 9.60. The molecule has 2 aromatic rings. The smallest absolute Gasteiger partial charge is 0.216 e. The molecule has 1 unspecified atom stereocenters. The topological polar surface area (TPSA) is 61.0 Å².